The minimum atomic E-state index is 0.00308. The van der Waals surface area contributed by atoms with Crippen molar-refractivity contribution in [1.29, 1.82) is 0 Å². The highest BCUT2D eigenvalue weighted by Crippen LogP contribution is 2.44. The van der Waals surface area contributed by atoms with Crippen molar-refractivity contribution >= 4 is 44.4 Å². The number of nitrogens with zero attached hydrogens (tertiary/aromatic N) is 1. The van der Waals surface area contributed by atoms with Crippen LogP contribution in [-0.4, -0.2) is 10.8 Å². The Morgan fingerprint density at radius 1 is 1.11 bits per heavy atom. The fraction of sp³-hybridized carbons (Fsp3) is 0.217. The van der Waals surface area contributed by atoms with Crippen LogP contribution in [-0.2, 0) is 12.8 Å². The van der Waals surface area contributed by atoms with Crippen LogP contribution in [0.3, 0.4) is 0 Å². The molecule has 2 N–H and O–H groups in total. The van der Waals surface area contributed by atoms with Crippen molar-refractivity contribution in [3.63, 3.8) is 0 Å². The molecule has 0 saturated heterocycles. The van der Waals surface area contributed by atoms with Crippen molar-refractivity contribution in [3.8, 4) is 11.1 Å². The number of benzene rings is 1. The largest absolute Gasteiger partial charge is 0.397 e. The van der Waals surface area contributed by atoms with E-state index in [-0.39, 0.29) is 5.78 Å². The first-order valence-corrected chi connectivity index (χ1v) is 11.2. The van der Waals surface area contributed by atoms with Crippen LogP contribution in [0.25, 0.3) is 21.3 Å². The van der Waals surface area contributed by atoms with Gasteiger partial charge in [0.15, 0.2) is 0 Å². The molecule has 1 aromatic carbocycles. The first-order valence-electron chi connectivity index (χ1n) is 9.52. The van der Waals surface area contributed by atoms with Gasteiger partial charge in [-0.3, -0.25) is 4.79 Å². The van der Waals surface area contributed by atoms with Crippen LogP contribution in [0.1, 0.15) is 44.2 Å². The number of thiophene rings is 2. The van der Waals surface area contributed by atoms with Crippen molar-refractivity contribution in [2.75, 3.05) is 5.73 Å². The van der Waals surface area contributed by atoms with Gasteiger partial charge >= 0.3 is 0 Å². The van der Waals surface area contributed by atoms with Gasteiger partial charge in [-0.15, -0.1) is 22.7 Å². The van der Waals surface area contributed by atoms with Gasteiger partial charge in [-0.25, -0.2) is 4.98 Å². The summed E-state index contributed by atoms with van der Waals surface area (Å²) in [6, 6.07) is 12.4. The molecular weight excluding hydrogens is 384 g/mol. The first kappa shape index (κ1) is 17.6. The zero-order valence-corrected chi connectivity index (χ0v) is 17.3. The fourth-order valence-electron chi connectivity index (χ4n) is 4.03. The number of carbonyl (C=O) groups is 1. The summed E-state index contributed by atoms with van der Waals surface area (Å²) >= 11 is 2.89. The molecular formula is C23H20N2OS2. The number of hydrogen-bond acceptors (Lipinski definition) is 5. The van der Waals surface area contributed by atoms with Crippen LogP contribution in [0.4, 0.5) is 5.69 Å². The molecule has 0 amide bonds. The average molecular weight is 405 g/mol. The molecule has 1 aliphatic rings. The van der Waals surface area contributed by atoms with Gasteiger partial charge in [0.05, 0.1) is 10.6 Å². The number of hydrogen-bond donors (Lipinski definition) is 1. The van der Waals surface area contributed by atoms with Crippen LogP contribution in [0.5, 0.6) is 0 Å². The Hall–Kier alpha value is -2.50. The third kappa shape index (κ3) is 2.77. The van der Waals surface area contributed by atoms with Crippen molar-refractivity contribution in [1.82, 2.24) is 4.98 Å². The van der Waals surface area contributed by atoms with E-state index < -0.39 is 0 Å². The molecule has 0 radical (unpaired) electrons. The van der Waals surface area contributed by atoms with Crippen LogP contribution in [0, 0.1) is 6.92 Å². The minimum Gasteiger partial charge on any atom is -0.397 e. The predicted octanol–water partition coefficient (Wildman–Crippen LogP) is 6.03. The second-order valence-corrected chi connectivity index (χ2v) is 9.26. The quantitative estimate of drug-likeness (QED) is 0.424. The Morgan fingerprint density at radius 3 is 2.64 bits per heavy atom. The second-order valence-electron chi connectivity index (χ2n) is 7.32. The van der Waals surface area contributed by atoms with Gasteiger partial charge in [-0.1, -0.05) is 35.9 Å². The van der Waals surface area contributed by atoms with Gasteiger partial charge in [0.1, 0.15) is 9.71 Å². The van der Waals surface area contributed by atoms with E-state index >= 15 is 0 Å². The molecule has 4 aromatic rings. The van der Waals surface area contributed by atoms with Crippen LogP contribution in [0.2, 0.25) is 0 Å². The Bertz CT molecular complexity index is 1190. The Balaban J connectivity index is 1.80. The summed E-state index contributed by atoms with van der Waals surface area (Å²) in [5, 5.41) is 2.88. The van der Waals surface area contributed by atoms with Gasteiger partial charge in [0, 0.05) is 11.1 Å². The monoisotopic (exact) mass is 404 g/mol. The smallest absolute Gasteiger partial charge is 0.215 e. The number of fused-ring (bicyclic) bond motifs is 2. The maximum atomic E-state index is 13.0. The number of anilines is 1. The molecule has 5 rings (SSSR count). The third-order valence-electron chi connectivity index (χ3n) is 5.44. The van der Waals surface area contributed by atoms with E-state index in [2.05, 4.69) is 31.2 Å². The van der Waals surface area contributed by atoms with E-state index in [4.69, 9.17) is 10.7 Å². The molecule has 0 bridgehead atoms. The van der Waals surface area contributed by atoms with Crippen LogP contribution < -0.4 is 5.73 Å². The molecule has 3 aromatic heterocycles. The summed E-state index contributed by atoms with van der Waals surface area (Å²) in [4.78, 5) is 20.2. The van der Waals surface area contributed by atoms with Crippen LogP contribution in [0.15, 0.2) is 41.8 Å². The maximum absolute atomic E-state index is 13.0. The van der Waals surface area contributed by atoms with Gasteiger partial charge in [0.2, 0.25) is 5.78 Å². The second kappa shape index (κ2) is 6.83. The van der Waals surface area contributed by atoms with Gasteiger partial charge in [0.25, 0.3) is 0 Å². The first-order chi connectivity index (χ1) is 13.6. The highest BCUT2D eigenvalue weighted by atomic mass is 32.1. The lowest BCUT2D eigenvalue weighted by Crippen LogP contribution is -2.08. The molecule has 28 heavy (non-hydrogen) atoms. The molecule has 3 nitrogen and oxygen atoms in total. The molecule has 0 unspecified atom stereocenters. The van der Waals surface area contributed by atoms with E-state index in [0.717, 1.165) is 33.5 Å². The summed E-state index contributed by atoms with van der Waals surface area (Å²) in [5.74, 6) is 0.00308. The topological polar surface area (TPSA) is 56.0 Å². The number of aryl methyl sites for hydroxylation is 2. The van der Waals surface area contributed by atoms with Gasteiger partial charge in [-0.05, 0) is 60.7 Å². The molecule has 140 valence electrons. The zero-order chi connectivity index (χ0) is 19.3. The molecule has 0 fully saturated rings. The number of carbonyl (C=O) groups excluding carboxylic acids is 1. The number of pyridine rings is 1. The third-order valence-corrected chi connectivity index (χ3v) is 7.41. The maximum Gasteiger partial charge on any atom is 0.215 e. The molecule has 3 heterocycles. The lowest BCUT2D eigenvalue weighted by molar-refractivity contribution is 0.104. The predicted molar refractivity (Wildman–Crippen MR) is 119 cm³/mol. The van der Waals surface area contributed by atoms with E-state index in [0.29, 0.717) is 10.6 Å². The van der Waals surface area contributed by atoms with E-state index in [9.17, 15) is 4.79 Å². The lowest BCUT2D eigenvalue weighted by atomic mass is 9.87. The summed E-state index contributed by atoms with van der Waals surface area (Å²) in [6.45, 7) is 2.10. The summed E-state index contributed by atoms with van der Waals surface area (Å²) in [6.07, 6.45) is 4.35. The standard InChI is InChI=1S/C23H20N2OS2/c1-13-8-10-14(11-9-13)18-15-5-2-3-6-16(15)25-23-19(18)20(24)22(28-23)21(26)17-7-4-12-27-17/h4,7-12H,2-3,5-6,24H2,1H3. The van der Waals surface area contributed by atoms with Crippen molar-refractivity contribution < 1.29 is 4.79 Å². The number of nitrogen functional groups attached to an aromatic ring is 1. The van der Waals surface area contributed by atoms with Crippen molar-refractivity contribution in [2.24, 2.45) is 0 Å². The van der Waals surface area contributed by atoms with Gasteiger partial charge < -0.3 is 5.73 Å². The van der Waals surface area contributed by atoms with E-state index in [1.807, 2.05) is 17.5 Å². The lowest BCUT2D eigenvalue weighted by Gasteiger charge is -2.20. The summed E-state index contributed by atoms with van der Waals surface area (Å²) in [7, 11) is 0. The van der Waals surface area contributed by atoms with E-state index in [1.54, 1.807) is 0 Å². The minimum absolute atomic E-state index is 0.00308. The van der Waals surface area contributed by atoms with Gasteiger partial charge in [-0.2, -0.15) is 0 Å². The van der Waals surface area contributed by atoms with E-state index in [1.165, 1.54) is 57.9 Å². The number of rotatable bonds is 3. The molecule has 0 aliphatic heterocycles. The Morgan fingerprint density at radius 2 is 1.89 bits per heavy atom. The normalized spacial score (nSPS) is 13.6. The molecule has 5 heteroatoms. The average Bonchev–Trinajstić information content (AvgIpc) is 3.35. The summed E-state index contributed by atoms with van der Waals surface area (Å²) < 4.78 is 0. The Kier molecular flexibility index (Phi) is 4.29. The fourth-order valence-corrected chi connectivity index (χ4v) is 5.85. The molecule has 0 spiro atoms. The van der Waals surface area contributed by atoms with Crippen molar-refractivity contribution in [2.45, 2.75) is 32.6 Å². The number of nitrogens with two attached hydrogens (primary N) is 1. The Labute approximate surface area is 171 Å². The number of aromatic nitrogens is 1. The van der Waals surface area contributed by atoms with Crippen LogP contribution >= 0.6 is 22.7 Å². The molecule has 0 saturated carbocycles. The highest BCUT2D eigenvalue weighted by Gasteiger charge is 2.26. The SMILES string of the molecule is Cc1ccc(-c2c3c(nc4sc(C(=O)c5cccs5)c(N)c24)CCCC3)cc1. The zero-order valence-electron chi connectivity index (χ0n) is 15.6. The highest BCUT2D eigenvalue weighted by molar-refractivity contribution is 7.22. The molecule has 0 atom stereocenters. The van der Waals surface area contributed by atoms with Crippen molar-refractivity contribution in [3.05, 3.63) is 68.4 Å². The summed E-state index contributed by atoms with van der Waals surface area (Å²) in [5.41, 5.74) is 13.2. The molecule has 1 aliphatic carbocycles. The number of ketones is 1.